The predicted molar refractivity (Wildman–Crippen MR) is 105 cm³/mol. The molecular weight excluding hydrogens is 383 g/mol. The molecule has 2 fully saturated rings. The van der Waals surface area contributed by atoms with Gasteiger partial charge in [-0.1, -0.05) is 6.07 Å². The summed E-state index contributed by atoms with van der Waals surface area (Å²) in [5, 5.41) is 2.64. The zero-order valence-electron chi connectivity index (χ0n) is 17.5. The van der Waals surface area contributed by atoms with Crippen molar-refractivity contribution >= 4 is 18.5 Å². The third kappa shape index (κ3) is 4.73. The van der Waals surface area contributed by atoms with E-state index in [1.54, 1.807) is 25.3 Å². The summed E-state index contributed by atoms with van der Waals surface area (Å²) in [5.41, 5.74) is -0.0140. The molecule has 0 bridgehead atoms. The molecule has 1 saturated carbocycles. The van der Waals surface area contributed by atoms with Gasteiger partial charge < -0.3 is 24.1 Å². The average Bonchev–Trinajstić information content (AvgIpc) is 2.81. The summed E-state index contributed by atoms with van der Waals surface area (Å²) in [5.74, 6) is -2.81. The van der Waals surface area contributed by atoms with Crippen LogP contribution in [0.25, 0.3) is 0 Å². The van der Waals surface area contributed by atoms with Gasteiger partial charge in [0.05, 0.1) is 23.4 Å². The molecule has 29 heavy (non-hydrogen) atoms. The van der Waals surface area contributed by atoms with Crippen molar-refractivity contribution in [3.05, 3.63) is 23.8 Å². The molecule has 6 nitrogen and oxygen atoms in total. The van der Waals surface area contributed by atoms with Gasteiger partial charge in [-0.2, -0.15) is 0 Å². The van der Waals surface area contributed by atoms with Crippen molar-refractivity contribution in [3.63, 3.8) is 0 Å². The maximum Gasteiger partial charge on any atom is 0.494 e. The van der Waals surface area contributed by atoms with E-state index in [0.717, 1.165) is 0 Å². The van der Waals surface area contributed by atoms with Crippen LogP contribution in [0.5, 0.6) is 5.75 Å². The molecule has 1 aromatic carbocycles. The molecule has 1 saturated heterocycles. The van der Waals surface area contributed by atoms with Crippen LogP contribution in [-0.4, -0.2) is 56.5 Å². The predicted octanol–water partition coefficient (Wildman–Crippen LogP) is 2.54. The van der Waals surface area contributed by atoms with Gasteiger partial charge in [0.1, 0.15) is 12.4 Å². The van der Waals surface area contributed by atoms with Crippen LogP contribution in [0.4, 0.5) is 8.78 Å². The van der Waals surface area contributed by atoms with Crippen LogP contribution >= 0.6 is 0 Å². The number of amides is 1. The molecule has 1 N–H and O–H groups in total. The van der Waals surface area contributed by atoms with Gasteiger partial charge in [-0.05, 0) is 45.3 Å². The maximum absolute atomic E-state index is 13.1. The first-order valence-electron chi connectivity index (χ1n) is 9.74. The van der Waals surface area contributed by atoms with Gasteiger partial charge in [0.2, 0.25) is 0 Å². The van der Waals surface area contributed by atoms with Crippen LogP contribution < -0.4 is 15.5 Å². The molecule has 160 valence electrons. The van der Waals surface area contributed by atoms with Crippen LogP contribution in [0.2, 0.25) is 0 Å². The lowest BCUT2D eigenvalue weighted by atomic mass is 9.78. The molecule has 1 aromatic rings. The highest BCUT2D eigenvalue weighted by Gasteiger charge is 2.52. The van der Waals surface area contributed by atoms with Crippen LogP contribution in [0.1, 0.15) is 50.9 Å². The van der Waals surface area contributed by atoms with Gasteiger partial charge >= 0.3 is 7.12 Å². The fourth-order valence-corrected chi connectivity index (χ4v) is 3.23. The van der Waals surface area contributed by atoms with Crippen LogP contribution in [0.3, 0.4) is 0 Å². The number of carbonyl (C=O) groups excluding carboxylic acids is 1. The highest BCUT2D eigenvalue weighted by Crippen LogP contribution is 2.38. The molecule has 9 heteroatoms. The highest BCUT2D eigenvalue weighted by molar-refractivity contribution is 6.62. The van der Waals surface area contributed by atoms with E-state index in [1.807, 2.05) is 27.7 Å². The Morgan fingerprint density at radius 2 is 1.79 bits per heavy atom. The van der Waals surface area contributed by atoms with Gasteiger partial charge in [0.25, 0.3) is 11.8 Å². The maximum atomic E-state index is 13.1. The highest BCUT2D eigenvalue weighted by atomic mass is 19.3. The first kappa shape index (κ1) is 22.0. The summed E-state index contributed by atoms with van der Waals surface area (Å²) in [4.78, 5) is 12.6. The number of nitrogens with one attached hydrogen (secondary N) is 1. The lowest BCUT2D eigenvalue weighted by molar-refractivity contribution is -0.0901. The number of benzene rings is 1. The van der Waals surface area contributed by atoms with Crippen LogP contribution in [-0.2, 0) is 14.0 Å². The van der Waals surface area contributed by atoms with Gasteiger partial charge in [-0.3, -0.25) is 4.79 Å². The molecule has 0 unspecified atom stereocenters. The molecule has 1 aliphatic heterocycles. The number of hydrogen-bond acceptors (Lipinski definition) is 5. The number of rotatable bonds is 7. The Bertz CT molecular complexity index is 747. The van der Waals surface area contributed by atoms with Crippen molar-refractivity contribution in [1.29, 1.82) is 0 Å². The molecule has 2 aliphatic rings. The summed E-state index contributed by atoms with van der Waals surface area (Å²) >= 11 is 0. The Kier molecular flexibility index (Phi) is 5.95. The van der Waals surface area contributed by atoms with E-state index in [-0.39, 0.29) is 25.0 Å². The first-order chi connectivity index (χ1) is 13.4. The number of halogens is 2. The van der Waals surface area contributed by atoms with E-state index >= 15 is 0 Å². The zero-order chi connectivity index (χ0) is 21.4. The number of methoxy groups -OCH3 is 1. The fraction of sp³-hybridized carbons (Fsp3) is 0.650. The van der Waals surface area contributed by atoms with Crippen molar-refractivity contribution in [1.82, 2.24) is 5.32 Å². The summed E-state index contributed by atoms with van der Waals surface area (Å²) in [6.07, 6.45) is -0.685. The monoisotopic (exact) mass is 411 g/mol. The van der Waals surface area contributed by atoms with Crippen LogP contribution in [0.15, 0.2) is 18.2 Å². The summed E-state index contributed by atoms with van der Waals surface area (Å²) in [6, 6.07) is 4.50. The van der Waals surface area contributed by atoms with E-state index < -0.39 is 36.2 Å². The molecule has 1 aliphatic carbocycles. The Balaban J connectivity index is 1.79. The summed E-state index contributed by atoms with van der Waals surface area (Å²) < 4.78 is 49.0. The fourth-order valence-electron chi connectivity index (χ4n) is 3.23. The SMILES string of the molecule is COCCOc1cc(B2OC(C)(C)C(C)(C)O2)ccc1C(=O)NC1CC(F)(F)C1. The Morgan fingerprint density at radius 3 is 2.34 bits per heavy atom. The van der Waals surface area contributed by atoms with Gasteiger partial charge in [-0.25, -0.2) is 8.78 Å². The molecule has 0 aromatic heterocycles. The minimum atomic E-state index is -2.70. The lowest BCUT2D eigenvalue weighted by Crippen LogP contribution is -2.50. The molecule has 0 radical (unpaired) electrons. The van der Waals surface area contributed by atoms with E-state index in [4.69, 9.17) is 18.8 Å². The normalized spacial score (nSPS) is 22.2. The Morgan fingerprint density at radius 1 is 1.17 bits per heavy atom. The molecule has 3 rings (SSSR count). The van der Waals surface area contributed by atoms with Crippen LogP contribution in [0, 0.1) is 0 Å². The van der Waals surface area contributed by atoms with Gasteiger partial charge in [0.15, 0.2) is 0 Å². The standard InChI is InChI=1S/C20H28BF2NO5/c1-18(2)19(3,4)29-21(28-18)13-6-7-15(16(10-13)27-9-8-26-5)17(25)24-14-11-20(22,23)12-14/h6-7,10,14H,8-9,11-12H2,1-5H3,(H,24,25). The second-order valence-electron chi connectivity index (χ2n) is 8.62. The first-order valence-corrected chi connectivity index (χ1v) is 9.74. The molecule has 1 heterocycles. The van der Waals surface area contributed by atoms with Gasteiger partial charge in [0, 0.05) is 26.0 Å². The van der Waals surface area contributed by atoms with E-state index in [2.05, 4.69) is 5.32 Å². The second-order valence-corrected chi connectivity index (χ2v) is 8.62. The van der Waals surface area contributed by atoms with Crippen molar-refractivity contribution in [2.75, 3.05) is 20.3 Å². The molecular formula is C20H28BF2NO5. The van der Waals surface area contributed by atoms with Crippen molar-refractivity contribution in [3.8, 4) is 5.75 Å². The third-order valence-corrected chi connectivity index (χ3v) is 5.75. The van der Waals surface area contributed by atoms with E-state index in [1.165, 1.54) is 0 Å². The van der Waals surface area contributed by atoms with E-state index in [9.17, 15) is 13.6 Å². The topological polar surface area (TPSA) is 66.0 Å². The van der Waals surface area contributed by atoms with Gasteiger partial charge in [-0.15, -0.1) is 0 Å². The second kappa shape index (κ2) is 7.85. The molecule has 0 atom stereocenters. The minimum Gasteiger partial charge on any atom is -0.490 e. The summed E-state index contributed by atoms with van der Waals surface area (Å²) in [7, 11) is 0.946. The number of carbonyl (C=O) groups is 1. The Hall–Kier alpha value is -1.71. The molecule has 0 spiro atoms. The van der Waals surface area contributed by atoms with Crippen molar-refractivity contribution in [2.24, 2.45) is 0 Å². The number of hydrogen-bond donors (Lipinski definition) is 1. The third-order valence-electron chi connectivity index (χ3n) is 5.75. The largest absolute Gasteiger partial charge is 0.494 e. The van der Waals surface area contributed by atoms with E-state index in [0.29, 0.717) is 17.8 Å². The van der Waals surface area contributed by atoms with Crippen molar-refractivity contribution < 1.29 is 32.4 Å². The smallest absolute Gasteiger partial charge is 0.490 e. The zero-order valence-corrected chi connectivity index (χ0v) is 17.5. The lowest BCUT2D eigenvalue weighted by Gasteiger charge is -2.35. The van der Waals surface area contributed by atoms with Crippen molar-refractivity contribution in [2.45, 2.75) is 63.7 Å². The number of ether oxygens (including phenoxy) is 2. The Labute approximate surface area is 170 Å². The minimum absolute atomic E-state index is 0.241. The average molecular weight is 411 g/mol. The quantitative estimate of drug-likeness (QED) is 0.552. The number of alkyl halides is 2. The molecule has 1 amide bonds. The summed E-state index contributed by atoms with van der Waals surface area (Å²) in [6.45, 7) is 8.42.